The summed E-state index contributed by atoms with van der Waals surface area (Å²) in [6.07, 6.45) is 8.74. The Labute approximate surface area is 161 Å². The van der Waals surface area contributed by atoms with Crippen molar-refractivity contribution in [2.45, 2.75) is 50.6 Å². The molecule has 1 aromatic carbocycles. The van der Waals surface area contributed by atoms with Crippen LogP contribution in [0.15, 0.2) is 48.9 Å². The van der Waals surface area contributed by atoms with Crippen LogP contribution in [-0.2, 0) is 11.3 Å². The van der Waals surface area contributed by atoms with E-state index in [9.17, 15) is 4.79 Å². The first-order valence-electron chi connectivity index (χ1n) is 10.1. The van der Waals surface area contributed by atoms with Gasteiger partial charge in [-0.05, 0) is 43.9 Å². The Kier molecular flexibility index (Phi) is 5.78. The molecule has 0 N–H and O–H groups in total. The summed E-state index contributed by atoms with van der Waals surface area (Å²) in [5.41, 5.74) is 2.40. The highest BCUT2D eigenvalue weighted by Gasteiger charge is 2.34. The van der Waals surface area contributed by atoms with E-state index in [1.54, 1.807) is 6.33 Å². The number of carbonyl (C=O) groups excluding carboxylic acids is 1. The lowest BCUT2D eigenvalue weighted by atomic mass is 9.92. The van der Waals surface area contributed by atoms with Crippen LogP contribution in [0.3, 0.4) is 0 Å². The molecule has 0 saturated carbocycles. The molecule has 0 spiro atoms. The second-order valence-corrected chi connectivity index (χ2v) is 7.70. The minimum absolute atomic E-state index is 0.0366. The topological polar surface area (TPSA) is 49.3 Å². The van der Waals surface area contributed by atoms with E-state index in [1.807, 2.05) is 18.3 Å². The number of hydrogen-bond donors (Lipinski definition) is 0. The fourth-order valence-electron chi connectivity index (χ4n) is 4.43. The summed E-state index contributed by atoms with van der Waals surface area (Å²) >= 11 is 0. The highest BCUT2D eigenvalue weighted by Crippen LogP contribution is 2.28. The van der Waals surface area contributed by atoms with Crippen molar-refractivity contribution in [2.24, 2.45) is 0 Å². The van der Waals surface area contributed by atoms with Crippen molar-refractivity contribution in [2.75, 3.05) is 19.6 Å². The fourth-order valence-corrected chi connectivity index (χ4v) is 4.43. The molecule has 2 aliphatic rings. The quantitative estimate of drug-likeness (QED) is 0.836. The Bertz CT molecular complexity index is 728. The van der Waals surface area contributed by atoms with Gasteiger partial charge in [-0.1, -0.05) is 36.8 Å². The molecule has 4 rings (SSSR count). The zero-order valence-corrected chi connectivity index (χ0v) is 15.8. The van der Waals surface area contributed by atoms with Crippen molar-refractivity contribution < 1.29 is 4.79 Å². The van der Waals surface area contributed by atoms with Gasteiger partial charge in [-0.2, -0.15) is 0 Å². The van der Waals surface area contributed by atoms with Gasteiger partial charge in [-0.15, -0.1) is 0 Å². The molecular formula is C22H28N4O. The molecule has 1 atom stereocenters. The van der Waals surface area contributed by atoms with Crippen LogP contribution in [-0.4, -0.2) is 51.4 Å². The van der Waals surface area contributed by atoms with Gasteiger partial charge in [-0.3, -0.25) is 9.69 Å². The maximum absolute atomic E-state index is 13.3. The normalized spacial score (nSPS) is 21.9. The molecule has 0 unspecified atom stereocenters. The molecule has 1 aromatic heterocycles. The van der Waals surface area contributed by atoms with E-state index in [0.717, 1.165) is 57.6 Å². The predicted octanol–water partition coefficient (Wildman–Crippen LogP) is 3.24. The minimum Gasteiger partial charge on any atom is -0.341 e. The Hall–Kier alpha value is -2.27. The number of amides is 1. The number of nitrogens with zero attached hydrogens (tertiary/aromatic N) is 4. The molecule has 1 amide bonds. The lowest BCUT2D eigenvalue weighted by Gasteiger charge is -2.40. The second kappa shape index (κ2) is 8.61. The van der Waals surface area contributed by atoms with Gasteiger partial charge < -0.3 is 4.90 Å². The average molecular weight is 364 g/mol. The first kappa shape index (κ1) is 18.1. The van der Waals surface area contributed by atoms with Crippen molar-refractivity contribution in [3.8, 4) is 0 Å². The van der Waals surface area contributed by atoms with E-state index in [0.29, 0.717) is 11.8 Å². The lowest BCUT2D eigenvalue weighted by Crippen LogP contribution is -2.52. The van der Waals surface area contributed by atoms with Crippen molar-refractivity contribution in [1.82, 2.24) is 19.8 Å². The molecule has 3 heterocycles. The van der Waals surface area contributed by atoms with E-state index in [2.05, 4.69) is 44.0 Å². The second-order valence-electron chi connectivity index (χ2n) is 7.70. The maximum Gasteiger partial charge on any atom is 0.239 e. The zero-order chi connectivity index (χ0) is 18.5. The highest BCUT2D eigenvalue weighted by molar-refractivity contribution is 5.82. The third-order valence-electron chi connectivity index (χ3n) is 5.96. The summed E-state index contributed by atoms with van der Waals surface area (Å²) in [5.74, 6) is 0.774. The first-order valence-corrected chi connectivity index (χ1v) is 10.1. The Morgan fingerprint density at radius 1 is 1.00 bits per heavy atom. The van der Waals surface area contributed by atoms with Crippen LogP contribution in [0.4, 0.5) is 0 Å². The predicted molar refractivity (Wildman–Crippen MR) is 105 cm³/mol. The average Bonchev–Trinajstić information content (AvgIpc) is 2.75. The van der Waals surface area contributed by atoms with Crippen molar-refractivity contribution >= 4 is 5.91 Å². The summed E-state index contributed by atoms with van der Waals surface area (Å²) in [6, 6.07) is 12.6. The lowest BCUT2D eigenvalue weighted by molar-refractivity contribution is -0.139. The summed E-state index contributed by atoms with van der Waals surface area (Å²) in [7, 11) is 0. The molecule has 2 saturated heterocycles. The third kappa shape index (κ3) is 4.35. The summed E-state index contributed by atoms with van der Waals surface area (Å²) in [6.45, 7) is 3.56. The maximum atomic E-state index is 13.3. The van der Waals surface area contributed by atoms with Crippen LogP contribution >= 0.6 is 0 Å². The number of benzene rings is 1. The number of rotatable bonds is 4. The fraction of sp³-hybridized carbons (Fsp3) is 0.500. The smallest absolute Gasteiger partial charge is 0.239 e. The van der Waals surface area contributed by atoms with Crippen molar-refractivity contribution in [1.29, 1.82) is 0 Å². The molecule has 5 nitrogen and oxygen atoms in total. The van der Waals surface area contributed by atoms with E-state index in [-0.39, 0.29) is 6.04 Å². The van der Waals surface area contributed by atoms with Crippen LogP contribution in [0.2, 0.25) is 0 Å². The number of hydrogen-bond acceptors (Lipinski definition) is 4. The third-order valence-corrected chi connectivity index (χ3v) is 5.96. The SMILES string of the molecule is O=C([C@@H]1CCCCN1Cc1ccccc1)N1CCC(c2ccncn2)CC1. The molecule has 2 aliphatic heterocycles. The molecule has 142 valence electrons. The largest absolute Gasteiger partial charge is 0.341 e. The summed E-state index contributed by atoms with van der Waals surface area (Å²) in [5, 5.41) is 0. The van der Waals surface area contributed by atoms with E-state index in [1.165, 1.54) is 12.0 Å². The molecule has 27 heavy (non-hydrogen) atoms. The van der Waals surface area contributed by atoms with Gasteiger partial charge >= 0.3 is 0 Å². The van der Waals surface area contributed by atoms with Crippen LogP contribution in [0.25, 0.3) is 0 Å². The van der Waals surface area contributed by atoms with Crippen LogP contribution < -0.4 is 0 Å². The van der Waals surface area contributed by atoms with E-state index >= 15 is 0 Å². The molecule has 2 aromatic rings. The number of likely N-dealkylation sites (tertiary alicyclic amines) is 2. The molecule has 0 bridgehead atoms. The van der Waals surface area contributed by atoms with Gasteiger partial charge in [0, 0.05) is 37.4 Å². The van der Waals surface area contributed by atoms with Gasteiger partial charge in [0.05, 0.1) is 6.04 Å². The first-order chi connectivity index (χ1) is 13.3. The van der Waals surface area contributed by atoms with Gasteiger partial charge in [0.25, 0.3) is 0 Å². The van der Waals surface area contributed by atoms with Crippen LogP contribution in [0.1, 0.15) is 49.3 Å². The number of piperidine rings is 2. The Morgan fingerprint density at radius 2 is 1.81 bits per heavy atom. The molecule has 0 radical (unpaired) electrons. The Balaban J connectivity index is 1.37. The molecular weight excluding hydrogens is 336 g/mol. The molecule has 5 heteroatoms. The Morgan fingerprint density at radius 3 is 2.56 bits per heavy atom. The number of carbonyl (C=O) groups is 1. The molecule has 2 fully saturated rings. The van der Waals surface area contributed by atoms with E-state index in [4.69, 9.17) is 0 Å². The highest BCUT2D eigenvalue weighted by atomic mass is 16.2. The summed E-state index contributed by atoms with van der Waals surface area (Å²) < 4.78 is 0. The van der Waals surface area contributed by atoms with Gasteiger partial charge in [0.2, 0.25) is 5.91 Å². The van der Waals surface area contributed by atoms with Gasteiger partial charge in [0.1, 0.15) is 6.33 Å². The monoisotopic (exact) mass is 364 g/mol. The number of aromatic nitrogens is 2. The molecule has 0 aliphatic carbocycles. The van der Waals surface area contributed by atoms with Gasteiger partial charge in [-0.25, -0.2) is 9.97 Å². The van der Waals surface area contributed by atoms with Crippen LogP contribution in [0.5, 0.6) is 0 Å². The minimum atomic E-state index is 0.0366. The van der Waals surface area contributed by atoms with Crippen LogP contribution in [0, 0.1) is 0 Å². The standard InChI is InChI=1S/C22H28N4O/c27-22(25-14-10-19(11-15-25)20-9-12-23-17-24-20)21-8-4-5-13-26(21)16-18-6-2-1-3-7-18/h1-3,6-7,9,12,17,19,21H,4-5,8,10-11,13-16H2/t21-/m0/s1. The van der Waals surface area contributed by atoms with Crippen molar-refractivity contribution in [3.63, 3.8) is 0 Å². The van der Waals surface area contributed by atoms with E-state index < -0.39 is 0 Å². The van der Waals surface area contributed by atoms with Gasteiger partial charge in [0.15, 0.2) is 0 Å². The van der Waals surface area contributed by atoms with Crippen molar-refractivity contribution in [3.05, 3.63) is 60.2 Å². The zero-order valence-electron chi connectivity index (χ0n) is 15.8. The summed E-state index contributed by atoms with van der Waals surface area (Å²) in [4.78, 5) is 26.1.